The van der Waals surface area contributed by atoms with Crippen LogP contribution in [0.1, 0.15) is 26.2 Å². The van der Waals surface area contributed by atoms with Crippen LogP contribution in [0.3, 0.4) is 0 Å². The molecule has 1 rings (SSSR count). The van der Waals surface area contributed by atoms with Crippen LogP contribution in [0.25, 0.3) is 0 Å². The van der Waals surface area contributed by atoms with Crippen molar-refractivity contribution < 1.29 is 19.5 Å². The van der Waals surface area contributed by atoms with Crippen LogP contribution >= 0.6 is 0 Å². The summed E-state index contributed by atoms with van der Waals surface area (Å²) in [6, 6.07) is -0.348. The van der Waals surface area contributed by atoms with Crippen LogP contribution in [-0.2, 0) is 9.59 Å². The molecule has 0 unspecified atom stereocenters. The molecule has 7 heteroatoms. The standard InChI is InChI=1S/C13H23N3O4/c1-4-7-15(8-11(17)14(2)3)13(20)16(9-12(18)19)10-5-6-10/h10H,4-9H2,1-3H3,(H,18,19). The number of nitrogens with zero attached hydrogens (tertiary/aromatic N) is 3. The summed E-state index contributed by atoms with van der Waals surface area (Å²) >= 11 is 0. The van der Waals surface area contributed by atoms with Crippen LogP contribution in [0.2, 0.25) is 0 Å². The van der Waals surface area contributed by atoms with E-state index in [1.807, 2.05) is 6.92 Å². The number of carbonyl (C=O) groups is 3. The minimum Gasteiger partial charge on any atom is -0.480 e. The third-order valence-electron chi connectivity index (χ3n) is 3.13. The second-order valence-corrected chi connectivity index (χ2v) is 5.25. The molecule has 0 heterocycles. The van der Waals surface area contributed by atoms with Gasteiger partial charge in [0.15, 0.2) is 0 Å². The molecule has 3 amide bonds. The number of rotatable bonds is 7. The van der Waals surface area contributed by atoms with Gasteiger partial charge in [0, 0.05) is 26.7 Å². The number of hydrogen-bond donors (Lipinski definition) is 1. The van der Waals surface area contributed by atoms with Crippen LogP contribution in [0.15, 0.2) is 0 Å². The van der Waals surface area contributed by atoms with Crippen LogP contribution in [0.4, 0.5) is 4.79 Å². The highest BCUT2D eigenvalue weighted by molar-refractivity contribution is 5.86. The normalized spacial score (nSPS) is 13.8. The van der Waals surface area contributed by atoms with Crippen LogP contribution < -0.4 is 0 Å². The van der Waals surface area contributed by atoms with Crippen molar-refractivity contribution in [3.05, 3.63) is 0 Å². The summed E-state index contributed by atoms with van der Waals surface area (Å²) in [4.78, 5) is 39.3. The quantitative estimate of drug-likeness (QED) is 0.736. The van der Waals surface area contributed by atoms with Crippen molar-refractivity contribution in [2.45, 2.75) is 32.2 Å². The van der Waals surface area contributed by atoms with Crippen molar-refractivity contribution in [3.63, 3.8) is 0 Å². The number of amides is 3. The highest BCUT2D eigenvalue weighted by atomic mass is 16.4. The average Bonchev–Trinajstić information content (AvgIpc) is 3.18. The fraction of sp³-hybridized carbons (Fsp3) is 0.769. The minimum atomic E-state index is -1.03. The van der Waals surface area contributed by atoms with E-state index < -0.39 is 5.97 Å². The molecule has 1 N–H and O–H groups in total. The van der Waals surface area contributed by atoms with E-state index in [-0.39, 0.29) is 31.1 Å². The maximum Gasteiger partial charge on any atom is 0.323 e. The Labute approximate surface area is 119 Å². The Hall–Kier alpha value is -1.79. The second kappa shape index (κ2) is 7.12. The first-order valence-corrected chi connectivity index (χ1v) is 6.84. The van der Waals surface area contributed by atoms with Gasteiger partial charge in [-0.25, -0.2) is 4.79 Å². The molecule has 0 aromatic rings. The summed E-state index contributed by atoms with van der Waals surface area (Å²) < 4.78 is 0. The molecule has 0 aliphatic heterocycles. The second-order valence-electron chi connectivity index (χ2n) is 5.25. The van der Waals surface area contributed by atoms with Crippen molar-refractivity contribution in [2.75, 3.05) is 33.7 Å². The monoisotopic (exact) mass is 285 g/mol. The van der Waals surface area contributed by atoms with Crippen molar-refractivity contribution >= 4 is 17.9 Å². The minimum absolute atomic E-state index is 0.00687. The summed E-state index contributed by atoms with van der Waals surface area (Å²) in [5.41, 5.74) is 0. The lowest BCUT2D eigenvalue weighted by atomic mass is 10.3. The largest absolute Gasteiger partial charge is 0.480 e. The molecule has 114 valence electrons. The molecule has 20 heavy (non-hydrogen) atoms. The van der Waals surface area contributed by atoms with Gasteiger partial charge in [0.25, 0.3) is 0 Å². The number of carboxylic acids is 1. The molecule has 1 aliphatic rings. The molecule has 1 fully saturated rings. The first-order chi connectivity index (χ1) is 9.36. The van der Waals surface area contributed by atoms with Crippen molar-refractivity contribution in [3.8, 4) is 0 Å². The number of carbonyl (C=O) groups excluding carboxylic acids is 2. The third kappa shape index (κ3) is 4.71. The average molecular weight is 285 g/mol. The summed E-state index contributed by atoms with van der Waals surface area (Å²) in [7, 11) is 3.26. The Morgan fingerprint density at radius 1 is 1.15 bits per heavy atom. The van der Waals surface area contributed by atoms with E-state index in [1.165, 1.54) is 14.7 Å². The summed E-state index contributed by atoms with van der Waals surface area (Å²) in [6.07, 6.45) is 2.39. The molecule has 0 atom stereocenters. The molecule has 0 saturated heterocycles. The van der Waals surface area contributed by atoms with Gasteiger partial charge in [-0.3, -0.25) is 9.59 Å². The Balaban J connectivity index is 2.74. The Morgan fingerprint density at radius 2 is 1.75 bits per heavy atom. The number of likely N-dealkylation sites (N-methyl/N-ethyl adjacent to an activating group) is 1. The first-order valence-electron chi connectivity index (χ1n) is 6.84. The highest BCUT2D eigenvalue weighted by Crippen LogP contribution is 2.27. The highest BCUT2D eigenvalue weighted by Gasteiger charge is 2.36. The van der Waals surface area contributed by atoms with Crippen LogP contribution in [0.5, 0.6) is 0 Å². The zero-order valence-electron chi connectivity index (χ0n) is 12.3. The topological polar surface area (TPSA) is 81.2 Å². The van der Waals surface area contributed by atoms with Gasteiger partial charge in [-0.2, -0.15) is 0 Å². The Bertz CT molecular complexity index is 380. The predicted octanol–water partition coefficient (Wildman–Crippen LogP) is 0.456. The van der Waals surface area contributed by atoms with Gasteiger partial charge in [-0.1, -0.05) is 6.92 Å². The van der Waals surface area contributed by atoms with Gasteiger partial charge >= 0.3 is 12.0 Å². The summed E-state index contributed by atoms with van der Waals surface area (Å²) in [5.74, 6) is -1.20. The molecule has 1 aliphatic carbocycles. The molecule has 0 spiro atoms. The molecule has 0 aromatic carbocycles. The van der Waals surface area contributed by atoms with Gasteiger partial charge in [0.2, 0.25) is 5.91 Å². The van der Waals surface area contributed by atoms with E-state index in [0.29, 0.717) is 6.54 Å². The fourth-order valence-corrected chi connectivity index (χ4v) is 1.88. The summed E-state index contributed by atoms with van der Waals surface area (Å²) in [6.45, 7) is 2.04. The number of urea groups is 1. The maximum atomic E-state index is 12.4. The van der Waals surface area contributed by atoms with Gasteiger partial charge in [-0.05, 0) is 19.3 Å². The van der Waals surface area contributed by atoms with Crippen LogP contribution in [0, 0.1) is 0 Å². The number of aliphatic carboxylic acids is 1. The molecule has 0 aromatic heterocycles. The van der Waals surface area contributed by atoms with Crippen molar-refractivity contribution in [1.29, 1.82) is 0 Å². The Kier molecular flexibility index (Phi) is 5.79. The Morgan fingerprint density at radius 3 is 2.15 bits per heavy atom. The molecule has 0 radical (unpaired) electrons. The van der Waals surface area contributed by atoms with E-state index >= 15 is 0 Å². The van der Waals surface area contributed by atoms with E-state index in [4.69, 9.17) is 5.11 Å². The molecule has 1 saturated carbocycles. The van der Waals surface area contributed by atoms with Crippen molar-refractivity contribution in [2.24, 2.45) is 0 Å². The van der Waals surface area contributed by atoms with E-state index in [0.717, 1.165) is 19.3 Å². The van der Waals surface area contributed by atoms with Gasteiger partial charge < -0.3 is 19.8 Å². The third-order valence-corrected chi connectivity index (χ3v) is 3.13. The molecular weight excluding hydrogens is 262 g/mol. The first kappa shape index (κ1) is 16.3. The molecular formula is C13H23N3O4. The van der Waals surface area contributed by atoms with Crippen LogP contribution in [-0.4, -0.2) is 77.5 Å². The van der Waals surface area contributed by atoms with E-state index in [1.54, 1.807) is 14.1 Å². The lowest BCUT2D eigenvalue weighted by Crippen LogP contribution is -2.49. The van der Waals surface area contributed by atoms with Gasteiger partial charge in [0.1, 0.15) is 13.1 Å². The maximum absolute atomic E-state index is 12.4. The SMILES string of the molecule is CCCN(CC(=O)N(C)C)C(=O)N(CC(=O)O)C1CC1. The van der Waals surface area contributed by atoms with E-state index in [2.05, 4.69) is 0 Å². The van der Waals surface area contributed by atoms with Gasteiger partial charge in [0.05, 0.1) is 0 Å². The number of carboxylic acid groups (broad SMARTS) is 1. The van der Waals surface area contributed by atoms with Crippen molar-refractivity contribution in [1.82, 2.24) is 14.7 Å². The van der Waals surface area contributed by atoms with Gasteiger partial charge in [-0.15, -0.1) is 0 Å². The lowest BCUT2D eigenvalue weighted by molar-refractivity contribution is -0.137. The summed E-state index contributed by atoms with van der Waals surface area (Å²) in [5, 5.41) is 8.90. The number of hydrogen-bond acceptors (Lipinski definition) is 3. The molecule has 7 nitrogen and oxygen atoms in total. The zero-order chi connectivity index (χ0) is 15.3. The smallest absolute Gasteiger partial charge is 0.323 e. The lowest BCUT2D eigenvalue weighted by Gasteiger charge is -2.30. The fourth-order valence-electron chi connectivity index (χ4n) is 1.88. The predicted molar refractivity (Wildman–Crippen MR) is 73.3 cm³/mol. The zero-order valence-corrected chi connectivity index (χ0v) is 12.3. The molecule has 0 bridgehead atoms. The van der Waals surface area contributed by atoms with E-state index in [9.17, 15) is 14.4 Å².